The molecule has 0 radical (unpaired) electrons. The fraction of sp³-hybridized carbons (Fsp3) is 0.571. The summed E-state index contributed by atoms with van der Waals surface area (Å²) in [5.41, 5.74) is 1.53. The van der Waals surface area contributed by atoms with E-state index >= 15 is 0 Å². The van der Waals surface area contributed by atoms with Crippen molar-refractivity contribution in [1.82, 2.24) is 4.90 Å². The molecule has 1 heterocycles. The fourth-order valence-electron chi connectivity index (χ4n) is 2.71. The van der Waals surface area contributed by atoms with Gasteiger partial charge in [-0.2, -0.15) is 0 Å². The Morgan fingerprint density at radius 1 is 1.42 bits per heavy atom. The van der Waals surface area contributed by atoms with Crippen molar-refractivity contribution < 1.29 is 14.8 Å². The molecule has 0 spiro atoms. The van der Waals surface area contributed by atoms with Gasteiger partial charge in [-0.25, -0.2) is 0 Å². The Morgan fingerprint density at radius 2 is 2.21 bits per heavy atom. The monoisotopic (exact) mass is 263 g/mol. The van der Waals surface area contributed by atoms with Gasteiger partial charge in [0.2, 0.25) is 0 Å². The zero-order valence-corrected chi connectivity index (χ0v) is 11.7. The lowest BCUT2D eigenvalue weighted by Crippen LogP contribution is -2.31. The van der Waals surface area contributed by atoms with Crippen LogP contribution in [0.5, 0.6) is 5.75 Å². The number of hydrogen-bond donors (Lipinski definition) is 2. The minimum absolute atomic E-state index is 0.516. The van der Waals surface area contributed by atoms with Crippen molar-refractivity contribution in [3.05, 3.63) is 23.8 Å². The van der Waals surface area contributed by atoms with E-state index in [-0.39, 0.29) is 0 Å². The van der Waals surface area contributed by atoms with Gasteiger partial charge in [-0.3, -0.25) is 4.90 Å². The highest BCUT2D eigenvalue weighted by atomic mass is 16.5. The molecule has 1 saturated heterocycles. The number of hydrogen-bond acceptors (Lipinski definition) is 4. The number of likely N-dealkylation sites (tertiary alicyclic amines) is 1. The first-order valence-electron chi connectivity index (χ1n) is 6.89. The Morgan fingerprint density at radius 3 is 2.79 bits per heavy atom. The van der Waals surface area contributed by atoms with E-state index in [4.69, 9.17) is 4.74 Å². The van der Waals surface area contributed by atoms with Crippen LogP contribution in [0, 0.1) is 5.92 Å². The molecule has 19 heavy (non-hydrogen) atoms. The van der Waals surface area contributed by atoms with Crippen molar-refractivity contribution in [3.63, 3.8) is 0 Å². The third kappa shape index (κ3) is 3.50. The number of ether oxygens (including phenoxy) is 1. The summed E-state index contributed by atoms with van der Waals surface area (Å²) in [7, 11) is 0.221. The first-order valence-corrected chi connectivity index (χ1v) is 6.89. The second kappa shape index (κ2) is 6.41. The van der Waals surface area contributed by atoms with E-state index in [9.17, 15) is 10.0 Å². The molecule has 1 aliphatic rings. The average Bonchev–Trinajstić information content (AvgIpc) is 2.86. The topological polar surface area (TPSA) is 52.9 Å². The van der Waals surface area contributed by atoms with Gasteiger partial charge in [-0.15, -0.1) is 0 Å². The van der Waals surface area contributed by atoms with Crippen LogP contribution in [0.3, 0.4) is 0 Å². The Hall–Kier alpha value is -1.04. The van der Waals surface area contributed by atoms with E-state index in [0.717, 1.165) is 36.9 Å². The highest BCUT2D eigenvalue weighted by Gasteiger charge is 2.22. The van der Waals surface area contributed by atoms with Crippen LogP contribution in [-0.2, 0) is 6.54 Å². The SMILES string of the molecule is CCC1CCN(Cc2cc(B(O)O)ccc2OC)C1. The molecule has 1 atom stereocenters. The molecule has 0 saturated carbocycles. The molecule has 1 aliphatic heterocycles. The maximum Gasteiger partial charge on any atom is 0.488 e. The lowest BCUT2D eigenvalue weighted by atomic mass is 9.79. The van der Waals surface area contributed by atoms with E-state index in [1.807, 2.05) is 6.07 Å². The van der Waals surface area contributed by atoms with Gasteiger partial charge in [0.1, 0.15) is 5.75 Å². The van der Waals surface area contributed by atoms with Gasteiger partial charge < -0.3 is 14.8 Å². The molecule has 2 rings (SSSR count). The van der Waals surface area contributed by atoms with Crippen LogP contribution >= 0.6 is 0 Å². The summed E-state index contributed by atoms with van der Waals surface area (Å²) in [6.07, 6.45) is 2.48. The van der Waals surface area contributed by atoms with Crippen LogP contribution in [0.4, 0.5) is 0 Å². The third-order valence-corrected chi connectivity index (χ3v) is 3.94. The van der Waals surface area contributed by atoms with Gasteiger partial charge in [0.05, 0.1) is 7.11 Å². The largest absolute Gasteiger partial charge is 0.496 e. The van der Waals surface area contributed by atoms with Crippen LogP contribution in [0.1, 0.15) is 25.3 Å². The van der Waals surface area contributed by atoms with Crippen molar-refractivity contribution in [2.75, 3.05) is 20.2 Å². The smallest absolute Gasteiger partial charge is 0.488 e. The normalized spacial score (nSPS) is 19.7. The van der Waals surface area contributed by atoms with Gasteiger partial charge in [-0.05, 0) is 30.4 Å². The predicted molar refractivity (Wildman–Crippen MR) is 76.5 cm³/mol. The van der Waals surface area contributed by atoms with Crippen molar-refractivity contribution >= 4 is 12.6 Å². The molecule has 5 heteroatoms. The van der Waals surface area contributed by atoms with Crippen LogP contribution < -0.4 is 10.2 Å². The molecule has 0 aromatic heterocycles. The molecular formula is C14H22BNO3. The standard InChI is InChI=1S/C14H22BNO3/c1-3-11-6-7-16(9-11)10-12-8-13(15(17)18)4-5-14(12)19-2/h4-5,8,11,17-18H,3,6-7,9-10H2,1-2H3. The summed E-state index contributed by atoms with van der Waals surface area (Å²) in [5, 5.41) is 18.5. The van der Waals surface area contributed by atoms with E-state index in [2.05, 4.69) is 11.8 Å². The van der Waals surface area contributed by atoms with E-state index in [1.165, 1.54) is 12.8 Å². The summed E-state index contributed by atoms with van der Waals surface area (Å²) in [5.74, 6) is 1.60. The fourth-order valence-corrected chi connectivity index (χ4v) is 2.71. The van der Waals surface area contributed by atoms with Gasteiger partial charge >= 0.3 is 7.12 Å². The zero-order chi connectivity index (χ0) is 13.8. The number of benzene rings is 1. The van der Waals surface area contributed by atoms with Crippen LogP contribution in [0.2, 0.25) is 0 Å². The van der Waals surface area contributed by atoms with Gasteiger partial charge in [-0.1, -0.05) is 25.5 Å². The molecule has 0 amide bonds. The molecule has 1 fully saturated rings. The molecule has 1 aromatic rings. The van der Waals surface area contributed by atoms with Crippen LogP contribution in [0.25, 0.3) is 0 Å². The van der Waals surface area contributed by atoms with Gasteiger partial charge in [0, 0.05) is 18.7 Å². The zero-order valence-electron chi connectivity index (χ0n) is 11.7. The maximum atomic E-state index is 9.25. The molecular weight excluding hydrogens is 241 g/mol. The minimum Gasteiger partial charge on any atom is -0.496 e. The summed E-state index contributed by atoms with van der Waals surface area (Å²) in [6.45, 7) is 5.26. The van der Waals surface area contributed by atoms with Gasteiger partial charge in [0.15, 0.2) is 0 Å². The lowest BCUT2D eigenvalue weighted by Gasteiger charge is -2.18. The van der Waals surface area contributed by atoms with E-state index in [0.29, 0.717) is 5.46 Å². The molecule has 1 aromatic carbocycles. The Bertz CT molecular complexity index is 425. The average molecular weight is 263 g/mol. The number of nitrogens with zero attached hydrogens (tertiary/aromatic N) is 1. The van der Waals surface area contributed by atoms with Gasteiger partial charge in [0.25, 0.3) is 0 Å². The van der Waals surface area contributed by atoms with E-state index < -0.39 is 7.12 Å². The van der Waals surface area contributed by atoms with Crippen LogP contribution in [-0.4, -0.2) is 42.3 Å². The van der Waals surface area contributed by atoms with Crippen molar-refractivity contribution in [1.29, 1.82) is 0 Å². The summed E-state index contributed by atoms with van der Waals surface area (Å²) in [6, 6.07) is 5.31. The predicted octanol–water partition coefficient (Wildman–Crippen LogP) is 0.607. The lowest BCUT2D eigenvalue weighted by molar-refractivity contribution is 0.307. The van der Waals surface area contributed by atoms with Crippen molar-refractivity contribution in [3.8, 4) is 5.75 Å². The molecule has 2 N–H and O–H groups in total. The molecule has 1 unspecified atom stereocenters. The molecule has 104 valence electrons. The van der Waals surface area contributed by atoms with Crippen LogP contribution in [0.15, 0.2) is 18.2 Å². The summed E-state index contributed by atoms with van der Waals surface area (Å²) >= 11 is 0. The molecule has 4 nitrogen and oxygen atoms in total. The molecule has 0 bridgehead atoms. The highest BCUT2D eigenvalue weighted by Crippen LogP contribution is 2.24. The second-order valence-corrected chi connectivity index (χ2v) is 5.24. The summed E-state index contributed by atoms with van der Waals surface area (Å²) in [4.78, 5) is 2.40. The Kier molecular flexibility index (Phi) is 4.85. The number of rotatable bonds is 5. The van der Waals surface area contributed by atoms with Crippen molar-refractivity contribution in [2.45, 2.75) is 26.3 Å². The van der Waals surface area contributed by atoms with Crippen molar-refractivity contribution in [2.24, 2.45) is 5.92 Å². The minimum atomic E-state index is -1.42. The highest BCUT2D eigenvalue weighted by molar-refractivity contribution is 6.58. The maximum absolute atomic E-state index is 9.25. The molecule has 0 aliphatic carbocycles. The Balaban J connectivity index is 2.11. The number of methoxy groups -OCH3 is 1. The summed E-state index contributed by atoms with van der Waals surface area (Å²) < 4.78 is 5.35. The first kappa shape index (κ1) is 14.4. The quantitative estimate of drug-likeness (QED) is 0.764. The second-order valence-electron chi connectivity index (χ2n) is 5.24. The van der Waals surface area contributed by atoms with E-state index in [1.54, 1.807) is 19.2 Å². The Labute approximate surface area is 115 Å². The third-order valence-electron chi connectivity index (χ3n) is 3.94. The first-order chi connectivity index (χ1) is 9.13.